The van der Waals surface area contributed by atoms with Crippen LogP contribution in [-0.2, 0) is 14.4 Å². The van der Waals surface area contributed by atoms with Gasteiger partial charge in [-0.1, -0.05) is 0 Å². The maximum absolute atomic E-state index is 11.6. The van der Waals surface area contributed by atoms with E-state index in [0.29, 0.717) is 0 Å². The van der Waals surface area contributed by atoms with Gasteiger partial charge in [0.15, 0.2) is 5.37 Å². The van der Waals surface area contributed by atoms with Crippen molar-refractivity contribution < 1.29 is 19.5 Å². The van der Waals surface area contributed by atoms with Crippen LogP contribution in [0.5, 0.6) is 0 Å². The molecule has 2 saturated heterocycles. The third-order valence-electron chi connectivity index (χ3n) is 2.75. The van der Waals surface area contributed by atoms with E-state index in [1.54, 1.807) is 13.8 Å². The highest BCUT2D eigenvalue weighted by molar-refractivity contribution is 8.02. The third kappa shape index (κ3) is 1.46. The summed E-state index contributed by atoms with van der Waals surface area (Å²) in [5, 5.41) is 12.8. The normalized spacial score (nSPS) is 32.2. The number of nitrogens with zero attached hydrogens (tertiary/aromatic N) is 1. The maximum Gasteiger partial charge on any atom is 0.253 e. The zero-order valence-electron chi connectivity index (χ0n) is 8.85. The molecule has 88 valence electrons. The predicted octanol–water partition coefficient (Wildman–Crippen LogP) is -2.09. The van der Waals surface area contributed by atoms with Crippen LogP contribution in [0.2, 0.25) is 0 Å². The standard InChI is InChI=1S/C9H12N2O4S/c1-9(2)5(8(14)15)11-4(12)3-10-6(13)7(11)16-9/h5,7H,3H2,1-2H3,(H,10,13)(H,14,15)/p-1. The van der Waals surface area contributed by atoms with Gasteiger partial charge >= 0.3 is 0 Å². The van der Waals surface area contributed by atoms with E-state index in [2.05, 4.69) is 5.32 Å². The molecule has 2 rings (SSSR count). The second-order valence-corrected chi connectivity index (χ2v) is 6.05. The lowest BCUT2D eigenvalue weighted by molar-refractivity contribution is -0.311. The van der Waals surface area contributed by atoms with Crippen molar-refractivity contribution in [3.05, 3.63) is 0 Å². The highest BCUT2D eigenvalue weighted by atomic mass is 32.2. The van der Waals surface area contributed by atoms with Crippen LogP contribution in [0.3, 0.4) is 0 Å². The van der Waals surface area contributed by atoms with Crippen molar-refractivity contribution in [3.8, 4) is 0 Å². The molecule has 2 unspecified atom stereocenters. The predicted molar refractivity (Wildman–Crippen MR) is 54.1 cm³/mol. The number of thioether (sulfide) groups is 1. The van der Waals surface area contributed by atoms with Crippen LogP contribution >= 0.6 is 11.8 Å². The first kappa shape index (κ1) is 11.3. The Labute approximate surface area is 96.4 Å². The molecule has 2 heterocycles. The summed E-state index contributed by atoms with van der Waals surface area (Å²) in [5.74, 6) is -2.01. The van der Waals surface area contributed by atoms with Crippen LogP contribution in [-0.4, -0.2) is 45.4 Å². The number of piperazine rings is 1. The van der Waals surface area contributed by atoms with E-state index in [4.69, 9.17) is 0 Å². The van der Waals surface area contributed by atoms with Crippen LogP contribution in [0.1, 0.15) is 13.8 Å². The van der Waals surface area contributed by atoms with Crippen molar-refractivity contribution in [1.29, 1.82) is 0 Å². The molecule has 1 N–H and O–H groups in total. The van der Waals surface area contributed by atoms with Crippen LogP contribution in [0.25, 0.3) is 0 Å². The Bertz CT molecular complexity index is 382. The molecular formula is C9H11N2O4S-. The fourth-order valence-corrected chi connectivity index (χ4v) is 3.53. The summed E-state index contributed by atoms with van der Waals surface area (Å²) in [6.07, 6.45) is 0. The molecule has 0 spiro atoms. The first-order valence-corrected chi connectivity index (χ1v) is 5.70. The number of carboxylic acid groups (broad SMARTS) is 1. The fourth-order valence-electron chi connectivity index (χ4n) is 2.07. The minimum absolute atomic E-state index is 0.143. The molecule has 0 bridgehead atoms. The lowest BCUT2D eigenvalue weighted by Crippen LogP contribution is -2.62. The SMILES string of the molecule is CC1(C)SC2C(=O)NCC(=O)N2C1C(=O)[O-]. The number of carboxylic acids is 1. The number of carbonyl (C=O) groups is 3. The molecule has 0 aromatic rings. The van der Waals surface area contributed by atoms with Gasteiger partial charge in [0.2, 0.25) is 5.91 Å². The van der Waals surface area contributed by atoms with Crippen LogP contribution in [0.4, 0.5) is 0 Å². The molecule has 2 amide bonds. The van der Waals surface area contributed by atoms with E-state index in [1.807, 2.05) is 0 Å². The number of nitrogens with one attached hydrogen (secondary N) is 1. The largest absolute Gasteiger partial charge is 0.548 e. The molecular weight excluding hydrogens is 232 g/mol. The van der Waals surface area contributed by atoms with E-state index >= 15 is 0 Å². The molecule has 2 atom stereocenters. The highest BCUT2D eigenvalue weighted by Crippen LogP contribution is 2.44. The van der Waals surface area contributed by atoms with Crippen molar-refractivity contribution >= 4 is 29.5 Å². The van der Waals surface area contributed by atoms with E-state index in [0.717, 1.165) is 4.90 Å². The van der Waals surface area contributed by atoms with Crippen molar-refractivity contribution in [2.75, 3.05) is 6.54 Å². The van der Waals surface area contributed by atoms with Crippen molar-refractivity contribution in [2.45, 2.75) is 30.0 Å². The molecule has 0 aromatic heterocycles. The average Bonchev–Trinajstić information content (AvgIpc) is 2.44. The van der Waals surface area contributed by atoms with Gasteiger partial charge in [0.25, 0.3) is 5.91 Å². The van der Waals surface area contributed by atoms with Gasteiger partial charge in [-0.2, -0.15) is 0 Å². The summed E-state index contributed by atoms with van der Waals surface area (Å²) < 4.78 is -0.721. The Morgan fingerprint density at radius 1 is 1.56 bits per heavy atom. The summed E-state index contributed by atoms with van der Waals surface area (Å²) in [5.41, 5.74) is 0. The molecule has 0 aromatic carbocycles. The zero-order chi connectivity index (χ0) is 12.1. The number of hydrogen-bond acceptors (Lipinski definition) is 5. The Kier molecular flexibility index (Phi) is 2.37. The molecule has 2 aliphatic heterocycles. The molecule has 7 heteroatoms. The number of carbonyl (C=O) groups excluding carboxylic acids is 3. The van der Waals surface area contributed by atoms with E-state index < -0.39 is 22.1 Å². The van der Waals surface area contributed by atoms with Gasteiger partial charge in [0.1, 0.15) is 0 Å². The monoisotopic (exact) mass is 243 g/mol. The lowest BCUT2D eigenvalue weighted by Gasteiger charge is -2.35. The molecule has 0 saturated carbocycles. The summed E-state index contributed by atoms with van der Waals surface area (Å²) >= 11 is 1.17. The topological polar surface area (TPSA) is 89.5 Å². The van der Waals surface area contributed by atoms with Crippen LogP contribution in [0, 0.1) is 0 Å². The van der Waals surface area contributed by atoms with Gasteiger partial charge < -0.3 is 20.1 Å². The Balaban J connectivity index is 2.41. The zero-order valence-corrected chi connectivity index (χ0v) is 9.67. The van der Waals surface area contributed by atoms with Crippen LogP contribution < -0.4 is 10.4 Å². The Morgan fingerprint density at radius 2 is 2.19 bits per heavy atom. The van der Waals surface area contributed by atoms with Gasteiger partial charge in [-0.15, -0.1) is 11.8 Å². The molecule has 0 radical (unpaired) electrons. The minimum Gasteiger partial charge on any atom is -0.548 e. The smallest absolute Gasteiger partial charge is 0.253 e. The molecule has 2 aliphatic rings. The molecule has 6 nitrogen and oxygen atoms in total. The van der Waals surface area contributed by atoms with E-state index in [9.17, 15) is 19.5 Å². The van der Waals surface area contributed by atoms with Crippen molar-refractivity contribution in [3.63, 3.8) is 0 Å². The van der Waals surface area contributed by atoms with Crippen molar-refractivity contribution in [1.82, 2.24) is 10.2 Å². The summed E-state index contributed by atoms with van der Waals surface area (Å²) in [4.78, 5) is 35.4. The van der Waals surface area contributed by atoms with E-state index in [1.165, 1.54) is 11.8 Å². The lowest BCUT2D eigenvalue weighted by atomic mass is 10.0. The highest BCUT2D eigenvalue weighted by Gasteiger charge is 2.54. The third-order valence-corrected chi connectivity index (χ3v) is 4.25. The molecule has 2 fully saturated rings. The number of amides is 2. The number of aliphatic carboxylic acids is 1. The maximum atomic E-state index is 11.6. The molecule has 0 aliphatic carbocycles. The first-order valence-electron chi connectivity index (χ1n) is 4.82. The van der Waals surface area contributed by atoms with Gasteiger partial charge in [-0.25, -0.2) is 0 Å². The fraction of sp³-hybridized carbons (Fsp3) is 0.667. The van der Waals surface area contributed by atoms with Gasteiger partial charge in [0, 0.05) is 4.75 Å². The van der Waals surface area contributed by atoms with Crippen molar-refractivity contribution in [2.24, 2.45) is 0 Å². The first-order chi connectivity index (χ1) is 7.34. The number of fused-ring (bicyclic) bond motifs is 1. The van der Waals surface area contributed by atoms with Crippen LogP contribution in [0.15, 0.2) is 0 Å². The average molecular weight is 243 g/mol. The van der Waals surface area contributed by atoms with E-state index in [-0.39, 0.29) is 18.4 Å². The van der Waals surface area contributed by atoms with Gasteiger partial charge in [-0.3, -0.25) is 9.59 Å². The Hall–Kier alpha value is -1.24. The summed E-state index contributed by atoms with van der Waals surface area (Å²) in [6.45, 7) is 3.24. The number of rotatable bonds is 1. The quantitative estimate of drug-likeness (QED) is 0.570. The second-order valence-electron chi connectivity index (χ2n) is 4.31. The Morgan fingerprint density at radius 3 is 2.75 bits per heavy atom. The minimum atomic E-state index is -1.32. The summed E-state index contributed by atoms with van der Waals surface area (Å²) in [6, 6.07) is -1.05. The molecule has 16 heavy (non-hydrogen) atoms. The second kappa shape index (κ2) is 3.38. The van der Waals surface area contributed by atoms with Gasteiger partial charge in [-0.05, 0) is 13.8 Å². The number of hydrogen-bond donors (Lipinski definition) is 1. The summed E-state index contributed by atoms with van der Waals surface area (Å²) in [7, 11) is 0. The van der Waals surface area contributed by atoms with Gasteiger partial charge in [0.05, 0.1) is 18.6 Å².